The molecule has 0 saturated heterocycles. The highest BCUT2D eigenvalue weighted by Crippen LogP contribution is 2.21. The highest BCUT2D eigenvalue weighted by atomic mass is 32.2. The van der Waals surface area contributed by atoms with E-state index in [1.54, 1.807) is 0 Å². The predicted molar refractivity (Wildman–Crippen MR) is 87.1 cm³/mol. The molecule has 0 unspecified atom stereocenters. The minimum atomic E-state index is -4.18. The molecule has 0 spiro atoms. The monoisotopic (exact) mass is 329 g/mol. The first-order valence-corrected chi connectivity index (χ1v) is 8.43. The summed E-state index contributed by atoms with van der Waals surface area (Å²) in [4.78, 5) is 4.32. The third kappa shape index (κ3) is 3.49. The Balaban J connectivity index is 1.84. The van der Waals surface area contributed by atoms with E-state index < -0.39 is 10.1 Å². The number of pyridine rings is 1. The smallest absolute Gasteiger partial charge is 0.294 e. The Labute approximate surface area is 134 Å². The van der Waals surface area contributed by atoms with E-state index in [-0.39, 0.29) is 4.90 Å². The Morgan fingerprint density at radius 3 is 2.48 bits per heavy atom. The average Bonchev–Trinajstić information content (AvgIpc) is 2.52. The maximum atomic E-state index is 11.0. The predicted octanol–water partition coefficient (Wildman–Crippen LogP) is 3.37. The SMILES string of the molecule is Cc1cc(COc2ccc(S(=O)(=O)O)cc2)c2ccccc2n1. The Morgan fingerprint density at radius 2 is 1.78 bits per heavy atom. The Bertz CT molecular complexity index is 950. The maximum Gasteiger partial charge on any atom is 0.294 e. The number of aromatic nitrogens is 1. The van der Waals surface area contributed by atoms with Crippen LogP contribution in [0.4, 0.5) is 0 Å². The van der Waals surface area contributed by atoms with Gasteiger partial charge in [0.2, 0.25) is 0 Å². The van der Waals surface area contributed by atoms with Crippen LogP contribution in [0.5, 0.6) is 5.75 Å². The van der Waals surface area contributed by atoms with E-state index >= 15 is 0 Å². The van der Waals surface area contributed by atoms with Gasteiger partial charge in [0, 0.05) is 16.6 Å². The quantitative estimate of drug-likeness (QED) is 0.743. The number of nitrogens with zero attached hydrogens (tertiary/aromatic N) is 1. The van der Waals surface area contributed by atoms with Gasteiger partial charge in [0.1, 0.15) is 12.4 Å². The minimum Gasteiger partial charge on any atom is -0.489 e. The van der Waals surface area contributed by atoms with E-state index in [1.165, 1.54) is 24.3 Å². The van der Waals surface area contributed by atoms with Gasteiger partial charge in [-0.1, -0.05) is 18.2 Å². The first kappa shape index (κ1) is 15.5. The van der Waals surface area contributed by atoms with Gasteiger partial charge in [0.05, 0.1) is 10.4 Å². The Morgan fingerprint density at radius 1 is 1.09 bits per heavy atom. The third-order valence-corrected chi connectivity index (χ3v) is 4.31. The number of aryl methyl sites for hydroxylation is 1. The summed E-state index contributed by atoms with van der Waals surface area (Å²) >= 11 is 0. The second-order valence-electron chi connectivity index (χ2n) is 5.18. The molecule has 0 aliphatic carbocycles. The van der Waals surface area contributed by atoms with E-state index in [4.69, 9.17) is 9.29 Å². The summed E-state index contributed by atoms with van der Waals surface area (Å²) in [6, 6.07) is 15.4. The van der Waals surface area contributed by atoms with Gasteiger partial charge in [-0.15, -0.1) is 0 Å². The topological polar surface area (TPSA) is 76.5 Å². The summed E-state index contributed by atoms with van der Waals surface area (Å²) in [6.07, 6.45) is 0. The van der Waals surface area contributed by atoms with Crippen molar-refractivity contribution in [1.82, 2.24) is 4.98 Å². The normalized spacial score (nSPS) is 11.6. The second kappa shape index (κ2) is 5.98. The molecule has 3 aromatic rings. The molecular formula is C17H15NO4S. The number of fused-ring (bicyclic) bond motifs is 1. The van der Waals surface area contributed by atoms with Gasteiger partial charge >= 0.3 is 0 Å². The van der Waals surface area contributed by atoms with E-state index in [1.807, 2.05) is 37.3 Å². The zero-order chi connectivity index (χ0) is 16.4. The average molecular weight is 329 g/mol. The van der Waals surface area contributed by atoms with Crippen LogP contribution in [0.2, 0.25) is 0 Å². The van der Waals surface area contributed by atoms with Crippen LogP contribution >= 0.6 is 0 Å². The zero-order valence-electron chi connectivity index (χ0n) is 12.4. The van der Waals surface area contributed by atoms with Crippen molar-refractivity contribution in [2.45, 2.75) is 18.4 Å². The van der Waals surface area contributed by atoms with E-state index in [0.717, 1.165) is 22.2 Å². The lowest BCUT2D eigenvalue weighted by molar-refractivity contribution is 0.307. The van der Waals surface area contributed by atoms with Crippen LogP contribution in [0.3, 0.4) is 0 Å². The summed E-state index contributed by atoms with van der Waals surface area (Å²) in [5.41, 5.74) is 2.82. The van der Waals surface area contributed by atoms with Crippen molar-refractivity contribution in [2.24, 2.45) is 0 Å². The molecule has 118 valence electrons. The summed E-state index contributed by atoms with van der Waals surface area (Å²) in [5, 5.41) is 1.02. The molecule has 0 aliphatic rings. The molecule has 5 nitrogen and oxygen atoms in total. The molecule has 0 saturated carbocycles. The standard InChI is InChI=1S/C17H15NO4S/c1-12-10-13(16-4-2-3-5-17(16)18-12)11-22-14-6-8-15(9-7-14)23(19,20)21/h2-10H,11H2,1H3,(H,19,20,21). The van der Waals surface area contributed by atoms with Gasteiger partial charge in [-0.25, -0.2) is 0 Å². The molecule has 23 heavy (non-hydrogen) atoms. The van der Waals surface area contributed by atoms with Crippen molar-refractivity contribution in [3.63, 3.8) is 0 Å². The number of rotatable bonds is 4. The molecule has 0 aliphatic heterocycles. The van der Waals surface area contributed by atoms with Crippen LogP contribution < -0.4 is 4.74 Å². The lowest BCUT2D eigenvalue weighted by atomic mass is 10.1. The van der Waals surface area contributed by atoms with Crippen molar-refractivity contribution in [3.05, 3.63) is 65.9 Å². The molecule has 0 radical (unpaired) electrons. The summed E-state index contributed by atoms with van der Waals surface area (Å²) < 4.78 is 36.7. The maximum absolute atomic E-state index is 11.0. The van der Waals surface area contributed by atoms with Gasteiger partial charge in [-0.2, -0.15) is 8.42 Å². The second-order valence-corrected chi connectivity index (χ2v) is 6.60. The van der Waals surface area contributed by atoms with Crippen molar-refractivity contribution in [3.8, 4) is 5.75 Å². The summed E-state index contributed by atoms with van der Waals surface area (Å²) in [7, 11) is -4.18. The number of hydrogen-bond acceptors (Lipinski definition) is 4. The summed E-state index contributed by atoms with van der Waals surface area (Å²) in [6.45, 7) is 2.27. The number of ether oxygens (including phenoxy) is 1. The third-order valence-electron chi connectivity index (χ3n) is 3.45. The number of benzene rings is 2. The molecule has 1 heterocycles. The minimum absolute atomic E-state index is 0.157. The first-order chi connectivity index (χ1) is 10.9. The number of para-hydroxylation sites is 1. The molecule has 0 atom stereocenters. The highest BCUT2D eigenvalue weighted by Gasteiger charge is 2.09. The van der Waals surface area contributed by atoms with Gasteiger partial charge in [-0.3, -0.25) is 9.54 Å². The molecule has 0 amide bonds. The molecular weight excluding hydrogens is 314 g/mol. The van der Waals surface area contributed by atoms with Crippen LogP contribution in [0.1, 0.15) is 11.3 Å². The summed E-state index contributed by atoms with van der Waals surface area (Å²) in [5.74, 6) is 0.524. The largest absolute Gasteiger partial charge is 0.489 e. The molecule has 0 fully saturated rings. The van der Waals surface area contributed by atoms with Crippen LogP contribution in [0.25, 0.3) is 10.9 Å². The number of hydrogen-bond donors (Lipinski definition) is 1. The van der Waals surface area contributed by atoms with E-state index in [9.17, 15) is 8.42 Å². The molecule has 6 heteroatoms. The first-order valence-electron chi connectivity index (χ1n) is 6.99. The molecule has 1 N–H and O–H groups in total. The lowest BCUT2D eigenvalue weighted by Crippen LogP contribution is -2.00. The van der Waals surface area contributed by atoms with Crippen LogP contribution in [0, 0.1) is 6.92 Å². The Hall–Kier alpha value is -2.44. The molecule has 2 aromatic carbocycles. The Kier molecular flexibility index (Phi) is 4.02. The van der Waals surface area contributed by atoms with E-state index in [2.05, 4.69) is 4.98 Å². The fourth-order valence-electron chi connectivity index (χ4n) is 2.38. The zero-order valence-corrected chi connectivity index (χ0v) is 13.2. The fourth-order valence-corrected chi connectivity index (χ4v) is 2.86. The van der Waals surface area contributed by atoms with Crippen molar-refractivity contribution in [2.75, 3.05) is 0 Å². The van der Waals surface area contributed by atoms with Gasteiger partial charge in [0.25, 0.3) is 10.1 Å². The van der Waals surface area contributed by atoms with Gasteiger partial charge < -0.3 is 4.74 Å². The van der Waals surface area contributed by atoms with Crippen molar-refractivity contribution < 1.29 is 17.7 Å². The van der Waals surface area contributed by atoms with Crippen LogP contribution in [0.15, 0.2) is 59.5 Å². The van der Waals surface area contributed by atoms with Crippen molar-refractivity contribution >= 4 is 21.0 Å². The van der Waals surface area contributed by atoms with Crippen LogP contribution in [-0.4, -0.2) is 18.0 Å². The van der Waals surface area contributed by atoms with Gasteiger partial charge in [0.15, 0.2) is 0 Å². The lowest BCUT2D eigenvalue weighted by Gasteiger charge is -2.10. The molecule has 1 aromatic heterocycles. The fraction of sp³-hybridized carbons (Fsp3) is 0.118. The van der Waals surface area contributed by atoms with Crippen LogP contribution in [-0.2, 0) is 16.7 Å². The molecule has 0 bridgehead atoms. The van der Waals surface area contributed by atoms with Crippen molar-refractivity contribution in [1.29, 1.82) is 0 Å². The highest BCUT2D eigenvalue weighted by molar-refractivity contribution is 7.85. The van der Waals surface area contributed by atoms with E-state index in [0.29, 0.717) is 12.4 Å². The van der Waals surface area contributed by atoms with Gasteiger partial charge in [-0.05, 0) is 43.3 Å². The molecule has 3 rings (SSSR count).